The smallest absolute Gasteiger partial charge is 0.286 e. The molecule has 2 aromatic heterocycles. The summed E-state index contributed by atoms with van der Waals surface area (Å²) < 4.78 is 4.28. The summed E-state index contributed by atoms with van der Waals surface area (Å²) in [7, 11) is 3.64. The molecule has 0 saturated heterocycles. The number of nitrogens with zero attached hydrogens (tertiary/aromatic N) is 3. The Balaban J connectivity index is 1.86. The van der Waals surface area contributed by atoms with Gasteiger partial charge in [0.2, 0.25) is 5.91 Å². The Morgan fingerprint density at radius 2 is 1.96 bits per heavy atom. The van der Waals surface area contributed by atoms with Crippen LogP contribution >= 0.6 is 15.9 Å². The lowest BCUT2D eigenvalue weighted by molar-refractivity contribution is -0.121. The van der Waals surface area contributed by atoms with Crippen molar-refractivity contribution in [2.75, 3.05) is 0 Å². The molecule has 2 amide bonds. The molecule has 2 aromatic rings. The quantitative estimate of drug-likeness (QED) is 0.788. The van der Waals surface area contributed by atoms with Gasteiger partial charge in [0.15, 0.2) is 0 Å². The number of amides is 2. The van der Waals surface area contributed by atoms with Crippen LogP contribution in [0.4, 0.5) is 0 Å². The summed E-state index contributed by atoms with van der Waals surface area (Å²) in [5.41, 5.74) is 8.36. The van der Waals surface area contributed by atoms with Crippen molar-refractivity contribution in [2.24, 2.45) is 14.1 Å². The molecule has 0 saturated carbocycles. The lowest BCUT2D eigenvalue weighted by Crippen LogP contribution is -2.42. The maximum absolute atomic E-state index is 12.0. The average Bonchev–Trinajstić information content (AvgIpc) is 2.94. The third-order valence-corrected chi connectivity index (χ3v) is 4.21. The van der Waals surface area contributed by atoms with Gasteiger partial charge in [-0.15, -0.1) is 0 Å². The molecule has 8 heteroatoms. The van der Waals surface area contributed by atoms with Crippen LogP contribution in [0.3, 0.4) is 0 Å². The molecule has 23 heavy (non-hydrogen) atoms. The van der Waals surface area contributed by atoms with Crippen LogP contribution in [0, 0.1) is 13.8 Å². The van der Waals surface area contributed by atoms with E-state index in [9.17, 15) is 9.59 Å². The first-order valence-corrected chi connectivity index (χ1v) is 7.99. The van der Waals surface area contributed by atoms with Crippen molar-refractivity contribution in [2.45, 2.75) is 26.7 Å². The Morgan fingerprint density at radius 1 is 1.26 bits per heavy atom. The van der Waals surface area contributed by atoms with E-state index in [1.807, 2.05) is 20.9 Å². The molecule has 124 valence electrons. The fourth-order valence-electron chi connectivity index (χ4n) is 2.42. The lowest BCUT2D eigenvalue weighted by atomic mass is 10.1. The minimum atomic E-state index is -0.361. The third kappa shape index (κ3) is 4.01. The van der Waals surface area contributed by atoms with E-state index in [4.69, 9.17) is 0 Å². The van der Waals surface area contributed by atoms with Crippen LogP contribution in [-0.2, 0) is 25.3 Å². The minimum Gasteiger partial charge on any atom is -0.345 e. The molecule has 7 nitrogen and oxygen atoms in total. The number of rotatable bonds is 4. The number of hydrazine groups is 1. The maximum Gasteiger partial charge on any atom is 0.286 e. The molecule has 2 heterocycles. The first kappa shape index (κ1) is 17.3. The van der Waals surface area contributed by atoms with E-state index in [0.717, 1.165) is 21.4 Å². The normalized spacial score (nSPS) is 10.7. The molecular weight excluding hydrogens is 362 g/mol. The van der Waals surface area contributed by atoms with Gasteiger partial charge >= 0.3 is 0 Å². The van der Waals surface area contributed by atoms with Gasteiger partial charge in [0.1, 0.15) is 5.69 Å². The van der Waals surface area contributed by atoms with E-state index in [2.05, 4.69) is 31.9 Å². The highest BCUT2D eigenvalue weighted by atomic mass is 79.9. The molecular formula is C15H20BrN5O2. The molecule has 0 aliphatic rings. The van der Waals surface area contributed by atoms with Gasteiger partial charge in [-0.2, -0.15) is 5.10 Å². The second-order valence-corrected chi connectivity index (χ2v) is 6.35. The Kier molecular flexibility index (Phi) is 5.25. The molecule has 0 aromatic carbocycles. The van der Waals surface area contributed by atoms with Crippen LogP contribution in [0.1, 0.15) is 33.9 Å². The van der Waals surface area contributed by atoms with Crippen molar-refractivity contribution in [1.82, 2.24) is 25.2 Å². The van der Waals surface area contributed by atoms with Crippen molar-refractivity contribution in [3.05, 3.63) is 39.4 Å². The third-order valence-electron chi connectivity index (χ3n) is 3.78. The van der Waals surface area contributed by atoms with Crippen LogP contribution in [0.2, 0.25) is 0 Å². The fourth-order valence-corrected chi connectivity index (χ4v) is 2.94. The van der Waals surface area contributed by atoms with Crippen LogP contribution in [0.25, 0.3) is 0 Å². The molecule has 0 atom stereocenters. The van der Waals surface area contributed by atoms with E-state index >= 15 is 0 Å². The SMILES string of the molecule is Cc1nn(C)c(C)c1CCC(=O)NNC(=O)c1cc(Br)cn1C. The van der Waals surface area contributed by atoms with Crippen molar-refractivity contribution < 1.29 is 9.59 Å². The van der Waals surface area contributed by atoms with E-state index in [1.54, 1.807) is 28.6 Å². The molecule has 0 unspecified atom stereocenters. The summed E-state index contributed by atoms with van der Waals surface area (Å²) in [5, 5.41) is 4.32. The zero-order valence-electron chi connectivity index (χ0n) is 13.6. The van der Waals surface area contributed by atoms with Crippen molar-refractivity contribution in [3.63, 3.8) is 0 Å². The van der Waals surface area contributed by atoms with Gasteiger partial charge in [-0.3, -0.25) is 25.1 Å². The Labute approximate surface area is 143 Å². The van der Waals surface area contributed by atoms with Gasteiger partial charge in [-0.1, -0.05) is 0 Å². The van der Waals surface area contributed by atoms with Gasteiger partial charge in [-0.25, -0.2) is 0 Å². The topological polar surface area (TPSA) is 81.0 Å². The van der Waals surface area contributed by atoms with Gasteiger partial charge < -0.3 is 4.57 Å². The number of carbonyl (C=O) groups is 2. The number of aryl methyl sites for hydroxylation is 3. The van der Waals surface area contributed by atoms with Crippen molar-refractivity contribution in [3.8, 4) is 0 Å². The van der Waals surface area contributed by atoms with E-state index in [0.29, 0.717) is 12.1 Å². The fraction of sp³-hybridized carbons (Fsp3) is 0.400. The second kappa shape index (κ2) is 6.99. The number of hydrogen-bond donors (Lipinski definition) is 2. The predicted octanol–water partition coefficient (Wildman–Crippen LogP) is 1.53. The van der Waals surface area contributed by atoms with Crippen molar-refractivity contribution in [1.29, 1.82) is 0 Å². The number of hydrogen-bond acceptors (Lipinski definition) is 3. The zero-order valence-corrected chi connectivity index (χ0v) is 15.2. The number of aromatic nitrogens is 3. The van der Waals surface area contributed by atoms with Crippen molar-refractivity contribution >= 4 is 27.7 Å². The Hall–Kier alpha value is -2.09. The summed E-state index contributed by atoms with van der Waals surface area (Å²) >= 11 is 3.30. The number of carbonyl (C=O) groups excluding carboxylic acids is 2. The summed E-state index contributed by atoms with van der Waals surface area (Å²) in [6.45, 7) is 3.90. The monoisotopic (exact) mass is 381 g/mol. The molecule has 0 bridgehead atoms. The number of nitrogens with one attached hydrogen (secondary N) is 2. The summed E-state index contributed by atoms with van der Waals surface area (Å²) in [4.78, 5) is 23.9. The highest BCUT2D eigenvalue weighted by Crippen LogP contribution is 2.14. The molecule has 0 aliphatic carbocycles. The molecule has 0 radical (unpaired) electrons. The minimum absolute atomic E-state index is 0.241. The largest absolute Gasteiger partial charge is 0.345 e. The Morgan fingerprint density at radius 3 is 2.48 bits per heavy atom. The summed E-state index contributed by atoms with van der Waals surface area (Å²) in [6, 6.07) is 1.68. The molecule has 0 fully saturated rings. The second-order valence-electron chi connectivity index (χ2n) is 5.43. The predicted molar refractivity (Wildman–Crippen MR) is 89.7 cm³/mol. The summed E-state index contributed by atoms with van der Waals surface area (Å²) in [5.74, 6) is -0.602. The highest BCUT2D eigenvalue weighted by Gasteiger charge is 2.14. The standard InChI is InChI=1S/C15H20BrN5O2/c1-9-12(10(2)21(4)19-9)5-6-14(22)17-18-15(23)13-7-11(16)8-20(13)3/h7-8H,5-6H2,1-4H3,(H,17,22)(H,18,23). The summed E-state index contributed by atoms with van der Waals surface area (Å²) in [6.07, 6.45) is 2.64. The first-order chi connectivity index (χ1) is 10.8. The zero-order chi connectivity index (χ0) is 17.1. The van der Waals surface area contributed by atoms with E-state index in [-0.39, 0.29) is 18.2 Å². The molecule has 2 rings (SSSR count). The van der Waals surface area contributed by atoms with Gasteiger partial charge in [0, 0.05) is 36.9 Å². The van der Waals surface area contributed by atoms with Crippen LogP contribution in [-0.4, -0.2) is 26.2 Å². The lowest BCUT2D eigenvalue weighted by Gasteiger charge is -2.08. The van der Waals surface area contributed by atoms with E-state index < -0.39 is 0 Å². The van der Waals surface area contributed by atoms with E-state index in [1.165, 1.54) is 0 Å². The van der Waals surface area contributed by atoms with Crippen LogP contribution < -0.4 is 10.9 Å². The Bertz CT molecular complexity index is 747. The van der Waals surface area contributed by atoms with Crippen LogP contribution in [0.15, 0.2) is 16.7 Å². The van der Waals surface area contributed by atoms with Gasteiger partial charge in [-0.05, 0) is 47.8 Å². The molecule has 0 spiro atoms. The van der Waals surface area contributed by atoms with Crippen LogP contribution in [0.5, 0.6) is 0 Å². The number of halogens is 1. The molecule has 0 aliphatic heterocycles. The first-order valence-electron chi connectivity index (χ1n) is 7.19. The average molecular weight is 382 g/mol. The van der Waals surface area contributed by atoms with Gasteiger partial charge in [0.05, 0.1) is 5.69 Å². The highest BCUT2D eigenvalue weighted by molar-refractivity contribution is 9.10. The molecule has 2 N–H and O–H groups in total. The maximum atomic E-state index is 12.0. The van der Waals surface area contributed by atoms with Gasteiger partial charge in [0.25, 0.3) is 5.91 Å².